The number of hydrazine groups is 1. The Morgan fingerprint density at radius 3 is 2.20 bits per heavy atom. The van der Waals surface area contributed by atoms with Gasteiger partial charge in [0.25, 0.3) is 0 Å². The van der Waals surface area contributed by atoms with Crippen LogP contribution in [0.15, 0.2) is 12.8 Å². The zero-order chi connectivity index (χ0) is 4.28. The van der Waals surface area contributed by atoms with E-state index in [0.29, 0.717) is 0 Å². The van der Waals surface area contributed by atoms with Crippen LogP contribution in [0, 0.1) is 0 Å². The fraction of sp³-hybridized carbons (Fsp3) is 0.333. The first-order valence-electron chi connectivity index (χ1n) is 1.37. The van der Waals surface area contributed by atoms with Crippen LogP contribution in [0.1, 0.15) is 0 Å². The summed E-state index contributed by atoms with van der Waals surface area (Å²) in [7, 11) is 1.72. The number of nitrogens with zero attached hydrogens (tertiary/aromatic N) is 1. The van der Waals surface area contributed by atoms with E-state index >= 15 is 0 Å². The van der Waals surface area contributed by atoms with Crippen LogP contribution in [-0.2, 0) is 0 Å². The zero-order valence-electron chi connectivity index (χ0n) is 3.31. The maximum absolute atomic E-state index is 5.01. The molecule has 0 aliphatic rings. The van der Waals surface area contributed by atoms with Gasteiger partial charge in [0.2, 0.25) is 0 Å². The molecular formula is C3H8N2. The second-order valence-corrected chi connectivity index (χ2v) is 0.848. The van der Waals surface area contributed by atoms with Crippen LogP contribution in [-0.4, -0.2) is 12.1 Å². The lowest BCUT2D eigenvalue weighted by Gasteiger charge is -1.98. The molecule has 0 radical (unpaired) electrons. The molecule has 0 bridgehead atoms. The summed E-state index contributed by atoms with van der Waals surface area (Å²) < 4.78 is 0. The molecule has 0 rings (SSSR count). The van der Waals surface area contributed by atoms with Gasteiger partial charge in [0.15, 0.2) is 0 Å². The van der Waals surface area contributed by atoms with Gasteiger partial charge < -0.3 is 5.01 Å². The molecule has 0 aromatic carbocycles. The highest BCUT2D eigenvalue weighted by Crippen LogP contribution is 1.57. The molecule has 0 aliphatic heterocycles. The van der Waals surface area contributed by atoms with Crippen molar-refractivity contribution in [3.8, 4) is 0 Å². The van der Waals surface area contributed by atoms with Crippen molar-refractivity contribution in [3.63, 3.8) is 0 Å². The first-order valence-corrected chi connectivity index (χ1v) is 1.37. The summed E-state index contributed by atoms with van der Waals surface area (Å²) in [5, 5.41) is 1.39. The van der Waals surface area contributed by atoms with E-state index in [-0.39, 0.29) is 0 Å². The molecule has 5 heavy (non-hydrogen) atoms. The smallest absolute Gasteiger partial charge is 0.0222 e. The molecule has 0 aromatic rings. The molecule has 30 valence electrons. The molecular weight excluding hydrogens is 64.0 g/mol. The topological polar surface area (TPSA) is 29.3 Å². The highest BCUT2D eigenvalue weighted by atomic mass is 15.4. The van der Waals surface area contributed by atoms with E-state index in [1.165, 1.54) is 11.2 Å². The number of hydrogen-bond acceptors (Lipinski definition) is 2. The minimum Gasteiger partial charge on any atom is -0.322 e. The molecule has 0 saturated carbocycles. The summed E-state index contributed by atoms with van der Waals surface area (Å²) in [4.78, 5) is 0. The van der Waals surface area contributed by atoms with Crippen molar-refractivity contribution in [1.29, 1.82) is 0 Å². The van der Waals surface area contributed by atoms with Crippen LogP contribution in [0.4, 0.5) is 0 Å². The summed E-state index contributed by atoms with van der Waals surface area (Å²) in [6.07, 6.45) is 1.53. The van der Waals surface area contributed by atoms with E-state index in [2.05, 4.69) is 6.58 Å². The Morgan fingerprint density at radius 2 is 2.20 bits per heavy atom. The van der Waals surface area contributed by atoms with Gasteiger partial charge in [0.1, 0.15) is 0 Å². The standard InChI is InChI=1S/C3H8N2/c1-3-5(2)4/h3H,1,4H2,2H3. The molecule has 0 aromatic heterocycles. The molecule has 2 heteroatoms. The Morgan fingerprint density at radius 1 is 2.00 bits per heavy atom. The van der Waals surface area contributed by atoms with Gasteiger partial charge in [-0.15, -0.1) is 0 Å². The molecule has 0 heterocycles. The maximum Gasteiger partial charge on any atom is 0.0222 e. The van der Waals surface area contributed by atoms with E-state index in [4.69, 9.17) is 5.84 Å². The van der Waals surface area contributed by atoms with Gasteiger partial charge in [-0.3, -0.25) is 0 Å². The second-order valence-electron chi connectivity index (χ2n) is 0.848. The SMILES string of the molecule is C=CN(C)N. The Balaban J connectivity index is 2.83. The predicted octanol–water partition coefficient (Wildman–Crippen LogP) is -0.0646. The first kappa shape index (κ1) is 4.50. The lowest BCUT2D eigenvalue weighted by atomic mass is 11.0. The van der Waals surface area contributed by atoms with Crippen LogP contribution in [0.3, 0.4) is 0 Å². The summed E-state index contributed by atoms with van der Waals surface area (Å²) in [5.74, 6) is 5.01. The van der Waals surface area contributed by atoms with Crippen molar-refractivity contribution in [3.05, 3.63) is 12.8 Å². The number of nitrogens with two attached hydrogens (primary N) is 1. The van der Waals surface area contributed by atoms with Crippen molar-refractivity contribution < 1.29 is 0 Å². The first-order chi connectivity index (χ1) is 2.27. The van der Waals surface area contributed by atoms with E-state index in [9.17, 15) is 0 Å². The highest BCUT2D eigenvalue weighted by Gasteiger charge is 1.61. The van der Waals surface area contributed by atoms with E-state index in [1.54, 1.807) is 7.05 Å². The van der Waals surface area contributed by atoms with Crippen molar-refractivity contribution in [1.82, 2.24) is 5.01 Å². The Hall–Kier alpha value is -0.500. The summed E-state index contributed by atoms with van der Waals surface area (Å²) >= 11 is 0. The van der Waals surface area contributed by atoms with Crippen molar-refractivity contribution in [2.45, 2.75) is 0 Å². The van der Waals surface area contributed by atoms with Gasteiger partial charge >= 0.3 is 0 Å². The number of hydrogen-bond donors (Lipinski definition) is 1. The van der Waals surface area contributed by atoms with Gasteiger partial charge in [-0.2, -0.15) is 0 Å². The van der Waals surface area contributed by atoms with Gasteiger partial charge in [-0.1, -0.05) is 6.58 Å². The lowest BCUT2D eigenvalue weighted by Crippen LogP contribution is -2.17. The fourth-order valence-corrected chi connectivity index (χ4v) is 0. The average molecular weight is 72.1 g/mol. The lowest BCUT2D eigenvalue weighted by molar-refractivity contribution is 0.486. The Kier molecular flexibility index (Phi) is 1.61. The molecule has 0 amide bonds. The largest absolute Gasteiger partial charge is 0.322 e. The monoisotopic (exact) mass is 72.1 g/mol. The van der Waals surface area contributed by atoms with E-state index < -0.39 is 0 Å². The van der Waals surface area contributed by atoms with Crippen molar-refractivity contribution >= 4 is 0 Å². The number of rotatable bonds is 1. The van der Waals surface area contributed by atoms with Gasteiger partial charge in [-0.25, -0.2) is 5.84 Å². The van der Waals surface area contributed by atoms with Crippen molar-refractivity contribution in [2.75, 3.05) is 7.05 Å². The van der Waals surface area contributed by atoms with E-state index in [1.807, 2.05) is 0 Å². The van der Waals surface area contributed by atoms with Crippen LogP contribution in [0.5, 0.6) is 0 Å². The van der Waals surface area contributed by atoms with Crippen LogP contribution in [0.2, 0.25) is 0 Å². The van der Waals surface area contributed by atoms with Gasteiger partial charge in [0.05, 0.1) is 0 Å². The second kappa shape index (κ2) is 1.79. The van der Waals surface area contributed by atoms with Gasteiger partial charge in [0, 0.05) is 13.2 Å². The molecule has 0 unspecified atom stereocenters. The molecule has 0 spiro atoms. The fourth-order valence-electron chi connectivity index (χ4n) is 0. The third-order valence-corrected chi connectivity index (χ3v) is 0.288. The third-order valence-electron chi connectivity index (χ3n) is 0.288. The third kappa shape index (κ3) is 3.50. The van der Waals surface area contributed by atoms with Crippen LogP contribution >= 0.6 is 0 Å². The average Bonchev–Trinajstić information content (AvgIpc) is 1.38. The minimum atomic E-state index is 1.39. The highest BCUT2D eigenvalue weighted by molar-refractivity contribution is 4.57. The molecule has 0 saturated heterocycles. The summed E-state index contributed by atoms with van der Waals surface area (Å²) in [6, 6.07) is 0. The summed E-state index contributed by atoms with van der Waals surface area (Å²) in [6.45, 7) is 3.36. The predicted molar refractivity (Wildman–Crippen MR) is 22.1 cm³/mol. The van der Waals surface area contributed by atoms with Crippen molar-refractivity contribution in [2.24, 2.45) is 5.84 Å². The van der Waals surface area contributed by atoms with Crippen LogP contribution < -0.4 is 5.84 Å². The van der Waals surface area contributed by atoms with Crippen LogP contribution in [0.25, 0.3) is 0 Å². The zero-order valence-corrected chi connectivity index (χ0v) is 3.31. The Labute approximate surface area is 31.8 Å². The normalized spacial score (nSPS) is 6.80. The molecule has 0 aliphatic carbocycles. The molecule has 2 N–H and O–H groups in total. The minimum absolute atomic E-state index is 1.39. The quantitative estimate of drug-likeness (QED) is 0.347. The van der Waals surface area contributed by atoms with Gasteiger partial charge in [-0.05, 0) is 0 Å². The molecule has 0 atom stereocenters. The maximum atomic E-state index is 5.01. The van der Waals surface area contributed by atoms with E-state index in [0.717, 1.165) is 0 Å². The summed E-state index contributed by atoms with van der Waals surface area (Å²) in [5.41, 5.74) is 0. The molecule has 0 fully saturated rings. The Bertz CT molecular complexity index is 31.9. The molecule has 2 nitrogen and oxygen atoms in total.